The topological polar surface area (TPSA) is 102 Å². The molecule has 1 aliphatic rings. The summed E-state index contributed by atoms with van der Waals surface area (Å²) >= 11 is 5.95. The van der Waals surface area contributed by atoms with Crippen LogP contribution in [0.5, 0.6) is 0 Å². The van der Waals surface area contributed by atoms with Gasteiger partial charge in [0.15, 0.2) is 0 Å². The van der Waals surface area contributed by atoms with Gasteiger partial charge in [0.05, 0.1) is 10.6 Å². The Morgan fingerprint density at radius 1 is 1.35 bits per heavy atom. The van der Waals surface area contributed by atoms with Gasteiger partial charge in [0.25, 0.3) is 5.91 Å². The van der Waals surface area contributed by atoms with Crippen LogP contribution in [0.4, 0.5) is 5.69 Å². The van der Waals surface area contributed by atoms with Gasteiger partial charge in [-0.1, -0.05) is 17.7 Å². The molecule has 1 fully saturated rings. The van der Waals surface area contributed by atoms with Crippen LogP contribution in [-0.4, -0.2) is 35.7 Å². The predicted molar refractivity (Wildman–Crippen MR) is 74.0 cm³/mol. The third kappa shape index (κ3) is 2.71. The Morgan fingerprint density at radius 2 is 2.00 bits per heavy atom. The summed E-state index contributed by atoms with van der Waals surface area (Å²) in [5, 5.41) is 12.6. The van der Waals surface area contributed by atoms with Crippen LogP contribution >= 0.6 is 11.6 Å². The van der Waals surface area contributed by atoms with Gasteiger partial charge in [-0.05, 0) is 12.1 Å². The number of amides is 1. The van der Waals surface area contributed by atoms with E-state index in [1.807, 2.05) is 0 Å². The van der Waals surface area contributed by atoms with E-state index in [1.54, 1.807) is 12.1 Å². The molecule has 0 radical (unpaired) electrons. The van der Waals surface area contributed by atoms with Crippen LogP contribution in [0.2, 0.25) is 5.02 Å². The summed E-state index contributed by atoms with van der Waals surface area (Å²) in [6, 6.07) is 4.75. The number of ether oxygens (including phenoxy) is 1. The molecule has 7 heteroatoms. The molecule has 1 heterocycles. The average Bonchev–Trinajstić information content (AvgIpc) is 2.39. The lowest BCUT2D eigenvalue weighted by atomic mass is 9.89. The number of carboxylic acids is 1. The summed E-state index contributed by atoms with van der Waals surface area (Å²) in [5.41, 5.74) is 4.56. The Labute approximate surface area is 120 Å². The normalized spacial score (nSPS) is 17.4. The van der Waals surface area contributed by atoms with Crippen molar-refractivity contribution >= 4 is 29.2 Å². The van der Waals surface area contributed by atoms with Gasteiger partial charge in [0.2, 0.25) is 0 Å². The van der Waals surface area contributed by atoms with Crippen LogP contribution in [0, 0.1) is 0 Å². The maximum Gasteiger partial charge on any atom is 0.329 e. The molecule has 4 N–H and O–H groups in total. The van der Waals surface area contributed by atoms with E-state index in [0.717, 1.165) is 0 Å². The number of nitrogens with one attached hydrogen (secondary N) is 1. The van der Waals surface area contributed by atoms with Gasteiger partial charge >= 0.3 is 5.97 Å². The summed E-state index contributed by atoms with van der Waals surface area (Å²) in [6.45, 7) is 0.678. The minimum atomic E-state index is -1.17. The van der Waals surface area contributed by atoms with Crippen molar-refractivity contribution < 1.29 is 19.4 Å². The number of rotatable bonds is 4. The lowest BCUT2D eigenvalue weighted by Crippen LogP contribution is -2.50. The molecule has 0 saturated carbocycles. The van der Waals surface area contributed by atoms with Crippen molar-refractivity contribution in [1.29, 1.82) is 0 Å². The van der Waals surface area contributed by atoms with E-state index in [9.17, 15) is 14.7 Å². The van der Waals surface area contributed by atoms with E-state index in [4.69, 9.17) is 22.1 Å². The molecule has 1 amide bonds. The third-order valence-electron chi connectivity index (χ3n) is 3.39. The van der Waals surface area contributed by atoms with Crippen LogP contribution in [0.1, 0.15) is 23.2 Å². The number of hydrogen-bond acceptors (Lipinski definition) is 4. The zero-order chi connectivity index (χ0) is 14.8. The largest absolute Gasteiger partial charge is 0.480 e. The van der Waals surface area contributed by atoms with Crippen molar-refractivity contribution in [3.8, 4) is 0 Å². The number of benzene rings is 1. The summed E-state index contributed by atoms with van der Waals surface area (Å²) in [7, 11) is 0. The second kappa shape index (κ2) is 5.68. The van der Waals surface area contributed by atoms with E-state index >= 15 is 0 Å². The summed E-state index contributed by atoms with van der Waals surface area (Å²) in [4.78, 5) is 23.1. The summed E-state index contributed by atoms with van der Waals surface area (Å²) < 4.78 is 5.19. The highest BCUT2D eigenvalue weighted by Gasteiger charge is 2.40. The lowest BCUT2D eigenvalue weighted by molar-refractivity contribution is -0.145. The Balaban J connectivity index is 2.39. The molecule has 2 rings (SSSR count). The molecule has 1 saturated heterocycles. The Morgan fingerprint density at radius 3 is 2.55 bits per heavy atom. The molecule has 0 unspecified atom stereocenters. The molecule has 1 aliphatic heterocycles. The fourth-order valence-corrected chi connectivity index (χ4v) is 2.52. The van der Waals surface area contributed by atoms with Crippen LogP contribution in [0.3, 0.4) is 0 Å². The maximum atomic E-state index is 11.6. The number of anilines is 1. The van der Waals surface area contributed by atoms with Crippen LogP contribution < -0.4 is 11.1 Å². The first kappa shape index (κ1) is 14.6. The highest BCUT2D eigenvalue weighted by Crippen LogP contribution is 2.31. The summed E-state index contributed by atoms with van der Waals surface area (Å²) in [6.07, 6.45) is 0.597. The van der Waals surface area contributed by atoms with Gasteiger partial charge in [-0.15, -0.1) is 0 Å². The highest BCUT2D eigenvalue weighted by molar-refractivity contribution is 6.34. The molecule has 0 aliphatic carbocycles. The van der Waals surface area contributed by atoms with Crippen molar-refractivity contribution in [3.05, 3.63) is 28.8 Å². The molecular formula is C13H15ClN2O4. The molecule has 108 valence electrons. The maximum absolute atomic E-state index is 11.6. The molecule has 0 aromatic heterocycles. The monoisotopic (exact) mass is 298 g/mol. The Hall–Kier alpha value is -1.79. The van der Waals surface area contributed by atoms with Crippen molar-refractivity contribution in [2.45, 2.75) is 18.4 Å². The number of hydrogen-bond donors (Lipinski definition) is 3. The first-order valence-corrected chi connectivity index (χ1v) is 6.52. The van der Waals surface area contributed by atoms with Gasteiger partial charge in [0, 0.05) is 31.7 Å². The predicted octanol–water partition coefficient (Wildman–Crippen LogP) is 1.48. The van der Waals surface area contributed by atoms with Gasteiger partial charge in [-0.3, -0.25) is 4.79 Å². The molecule has 0 atom stereocenters. The smallest absolute Gasteiger partial charge is 0.329 e. The zero-order valence-electron chi connectivity index (χ0n) is 10.7. The highest BCUT2D eigenvalue weighted by atomic mass is 35.5. The van der Waals surface area contributed by atoms with E-state index in [0.29, 0.717) is 31.7 Å². The molecule has 20 heavy (non-hydrogen) atoms. The minimum absolute atomic E-state index is 0.0984. The van der Waals surface area contributed by atoms with Crippen molar-refractivity contribution in [2.24, 2.45) is 5.73 Å². The van der Waals surface area contributed by atoms with Gasteiger partial charge in [-0.25, -0.2) is 4.79 Å². The van der Waals surface area contributed by atoms with Gasteiger partial charge in [-0.2, -0.15) is 0 Å². The first-order valence-electron chi connectivity index (χ1n) is 6.14. The van der Waals surface area contributed by atoms with Gasteiger partial charge in [0.1, 0.15) is 5.54 Å². The van der Waals surface area contributed by atoms with Crippen molar-refractivity contribution in [1.82, 2.24) is 0 Å². The van der Waals surface area contributed by atoms with Crippen LogP contribution in [0.15, 0.2) is 18.2 Å². The molecule has 6 nitrogen and oxygen atoms in total. The zero-order valence-corrected chi connectivity index (χ0v) is 11.4. The van der Waals surface area contributed by atoms with Gasteiger partial charge < -0.3 is 20.9 Å². The Kier molecular flexibility index (Phi) is 4.15. The second-order valence-electron chi connectivity index (χ2n) is 4.65. The fraction of sp³-hybridized carbons (Fsp3) is 0.385. The van der Waals surface area contributed by atoms with E-state index in [-0.39, 0.29) is 10.6 Å². The second-order valence-corrected chi connectivity index (χ2v) is 5.06. The standard InChI is InChI=1S/C13H15ClN2O4/c14-8-2-1-3-9(10(8)11(15)17)16-13(12(18)19)4-6-20-7-5-13/h1-3,16H,4-7H2,(H2,15,17)(H,18,19). The number of halogens is 1. The lowest BCUT2D eigenvalue weighted by Gasteiger charge is -2.35. The molecular weight excluding hydrogens is 284 g/mol. The SMILES string of the molecule is NC(=O)c1c(Cl)cccc1NC1(C(=O)O)CCOCC1. The third-order valence-corrected chi connectivity index (χ3v) is 3.70. The number of carbonyl (C=O) groups excluding carboxylic acids is 1. The number of nitrogens with two attached hydrogens (primary N) is 1. The quantitative estimate of drug-likeness (QED) is 0.781. The van der Waals surface area contributed by atoms with Crippen LogP contribution in [0.25, 0.3) is 0 Å². The summed E-state index contributed by atoms with van der Waals surface area (Å²) in [5.74, 6) is -1.69. The van der Waals surface area contributed by atoms with Crippen molar-refractivity contribution in [2.75, 3.05) is 18.5 Å². The average molecular weight is 299 g/mol. The minimum Gasteiger partial charge on any atom is -0.480 e. The number of carbonyl (C=O) groups is 2. The number of aliphatic carboxylic acids is 1. The molecule has 1 aromatic rings. The number of carboxylic acid groups (broad SMARTS) is 1. The molecule has 0 bridgehead atoms. The fourth-order valence-electron chi connectivity index (χ4n) is 2.25. The molecule has 1 aromatic carbocycles. The first-order chi connectivity index (χ1) is 9.46. The van der Waals surface area contributed by atoms with E-state index in [2.05, 4.69) is 5.32 Å². The van der Waals surface area contributed by atoms with Crippen LogP contribution in [-0.2, 0) is 9.53 Å². The Bertz CT molecular complexity index is 541. The van der Waals surface area contributed by atoms with Crippen molar-refractivity contribution in [3.63, 3.8) is 0 Å². The molecule has 0 spiro atoms. The number of primary amides is 1. The van der Waals surface area contributed by atoms with E-state index < -0.39 is 17.4 Å². The van der Waals surface area contributed by atoms with E-state index in [1.165, 1.54) is 6.07 Å².